The number of carboxylic acids is 1. The molecular weight excluding hydrogens is 332 g/mol. The number of halogens is 1. The standard InChI is InChI=1S/C17H25BrO3/c1-2-3-4-5-6-7-8-9-12-21-14-10-11-16(18)15(13-14)17(19)20/h10-11,13H,2-9,12H2,1H3,(H,19,20). The average molecular weight is 357 g/mol. The van der Waals surface area contributed by atoms with Crippen LogP contribution in [0.4, 0.5) is 0 Å². The monoisotopic (exact) mass is 356 g/mol. The van der Waals surface area contributed by atoms with Gasteiger partial charge in [0.15, 0.2) is 0 Å². The average Bonchev–Trinajstić information content (AvgIpc) is 2.47. The van der Waals surface area contributed by atoms with Crippen LogP contribution in [0, 0.1) is 0 Å². The molecule has 0 aliphatic heterocycles. The van der Waals surface area contributed by atoms with Crippen LogP contribution in [0.1, 0.15) is 68.6 Å². The molecule has 0 spiro atoms. The Kier molecular flexibility index (Phi) is 9.15. The SMILES string of the molecule is CCCCCCCCCCOc1ccc(Br)c(C(=O)O)c1. The fraction of sp³-hybridized carbons (Fsp3) is 0.588. The van der Waals surface area contributed by atoms with Gasteiger partial charge in [0.1, 0.15) is 5.75 Å². The molecule has 0 fully saturated rings. The number of hydrogen-bond acceptors (Lipinski definition) is 2. The van der Waals surface area contributed by atoms with Gasteiger partial charge in [0.05, 0.1) is 12.2 Å². The zero-order valence-electron chi connectivity index (χ0n) is 12.7. The van der Waals surface area contributed by atoms with Crippen molar-refractivity contribution in [1.82, 2.24) is 0 Å². The maximum absolute atomic E-state index is 11.0. The fourth-order valence-electron chi connectivity index (χ4n) is 2.18. The number of ether oxygens (including phenoxy) is 1. The smallest absolute Gasteiger partial charge is 0.336 e. The normalized spacial score (nSPS) is 10.6. The van der Waals surface area contributed by atoms with Gasteiger partial charge < -0.3 is 9.84 Å². The minimum absolute atomic E-state index is 0.239. The van der Waals surface area contributed by atoms with E-state index in [9.17, 15) is 4.79 Å². The number of unbranched alkanes of at least 4 members (excludes halogenated alkanes) is 7. The van der Waals surface area contributed by atoms with E-state index in [2.05, 4.69) is 22.9 Å². The summed E-state index contributed by atoms with van der Waals surface area (Å²) in [5, 5.41) is 9.03. The summed E-state index contributed by atoms with van der Waals surface area (Å²) in [4.78, 5) is 11.0. The van der Waals surface area contributed by atoms with Crippen LogP contribution in [-0.4, -0.2) is 17.7 Å². The van der Waals surface area contributed by atoms with Crippen molar-refractivity contribution < 1.29 is 14.6 Å². The molecule has 4 heteroatoms. The van der Waals surface area contributed by atoms with Gasteiger partial charge in [-0.1, -0.05) is 51.9 Å². The van der Waals surface area contributed by atoms with E-state index in [-0.39, 0.29) is 5.56 Å². The van der Waals surface area contributed by atoms with Crippen LogP contribution in [0.2, 0.25) is 0 Å². The number of carbonyl (C=O) groups is 1. The number of benzene rings is 1. The van der Waals surface area contributed by atoms with Crippen molar-refractivity contribution in [2.45, 2.75) is 58.3 Å². The molecule has 1 aromatic rings. The van der Waals surface area contributed by atoms with Gasteiger partial charge in [0.2, 0.25) is 0 Å². The first-order valence-corrected chi connectivity index (χ1v) is 8.60. The molecule has 0 amide bonds. The topological polar surface area (TPSA) is 46.5 Å². The van der Waals surface area contributed by atoms with Gasteiger partial charge in [-0.15, -0.1) is 0 Å². The molecule has 1 N–H and O–H groups in total. The maximum Gasteiger partial charge on any atom is 0.336 e. The highest BCUT2D eigenvalue weighted by atomic mass is 79.9. The molecule has 118 valence electrons. The molecule has 1 rings (SSSR count). The van der Waals surface area contributed by atoms with E-state index >= 15 is 0 Å². The quantitative estimate of drug-likeness (QED) is 0.519. The molecule has 0 atom stereocenters. The second-order valence-corrected chi connectivity index (χ2v) is 6.12. The first-order chi connectivity index (χ1) is 10.1. The van der Waals surface area contributed by atoms with Crippen LogP contribution >= 0.6 is 15.9 Å². The van der Waals surface area contributed by atoms with E-state index in [1.165, 1.54) is 44.9 Å². The molecular formula is C17H25BrO3. The summed E-state index contributed by atoms with van der Waals surface area (Å²) in [6.45, 7) is 2.88. The Morgan fingerprint density at radius 2 is 1.71 bits per heavy atom. The highest BCUT2D eigenvalue weighted by Crippen LogP contribution is 2.22. The van der Waals surface area contributed by atoms with Crippen LogP contribution in [0.5, 0.6) is 5.75 Å². The molecule has 0 saturated carbocycles. The molecule has 0 bridgehead atoms. The molecule has 0 aromatic heterocycles. The molecule has 0 aliphatic rings. The second-order valence-electron chi connectivity index (χ2n) is 5.27. The van der Waals surface area contributed by atoms with Gasteiger partial charge in [-0.2, -0.15) is 0 Å². The van der Waals surface area contributed by atoms with E-state index in [1.807, 2.05) is 0 Å². The third-order valence-corrected chi connectivity index (χ3v) is 4.13. The van der Waals surface area contributed by atoms with Crippen LogP contribution in [0.15, 0.2) is 22.7 Å². The van der Waals surface area contributed by atoms with Crippen molar-refractivity contribution in [2.24, 2.45) is 0 Å². The fourth-order valence-corrected chi connectivity index (χ4v) is 2.60. The lowest BCUT2D eigenvalue weighted by Crippen LogP contribution is -2.01. The van der Waals surface area contributed by atoms with Crippen molar-refractivity contribution >= 4 is 21.9 Å². The van der Waals surface area contributed by atoms with E-state index in [1.54, 1.807) is 18.2 Å². The van der Waals surface area contributed by atoms with Crippen LogP contribution in [0.25, 0.3) is 0 Å². The van der Waals surface area contributed by atoms with Gasteiger partial charge in [-0.25, -0.2) is 4.79 Å². The van der Waals surface area contributed by atoms with Gasteiger partial charge in [-0.05, 0) is 40.5 Å². The Bertz CT molecular complexity index is 432. The molecule has 3 nitrogen and oxygen atoms in total. The van der Waals surface area contributed by atoms with Crippen molar-refractivity contribution in [3.05, 3.63) is 28.2 Å². The summed E-state index contributed by atoms with van der Waals surface area (Å²) in [6, 6.07) is 5.07. The lowest BCUT2D eigenvalue weighted by Gasteiger charge is -2.08. The Morgan fingerprint density at radius 3 is 2.33 bits per heavy atom. The first-order valence-electron chi connectivity index (χ1n) is 7.80. The highest BCUT2D eigenvalue weighted by Gasteiger charge is 2.09. The Labute approximate surface area is 135 Å². The highest BCUT2D eigenvalue weighted by molar-refractivity contribution is 9.10. The third-order valence-electron chi connectivity index (χ3n) is 3.43. The van der Waals surface area contributed by atoms with Crippen LogP contribution in [0.3, 0.4) is 0 Å². The Balaban J connectivity index is 2.16. The molecule has 0 unspecified atom stereocenters. The van der Waals surface area contributed by atoms with E-state index in [4.69, 9.17) is 9.84 Å². The van der Waals surface area contributed by atoms with Gasteiger partial charge in [-0.3, -0.25) is 0 Å². The largest absolute Gasteiger partial charge is 0.494 e. The van der Waals surface area contributed by atoms with E-state index in [0.29, 0.717) is 16.8 Å². The van der Waals surface area contributed by atoms with Crippen LogP contribution < -0.4 is 4.74 Å². The summed E-state index contributed by atoms with van der Waals surface area (Å²) in [5.41, 5.74) is 0.239. The van der Waals surface area contributed by atoms with E-state index < -0.39 is 5.97 Å². The summed E-state index contributed by atoms with van der Waals surface area (Å²) in [6.07, 6.45) is 10.1. The van der Waals surface area contributed by atoms with Crippen molar-refractivity contribution in [1.29, 1.82) is 0 Å². The van der Waals surface area contributed by atoms with Gasteiger partial charge >= 0.3 is 5.97 Å². The number of aromatic carboxylic acids is 1. The lowest BCUT2D eigenvalue weighted by atomic mass is 10.1. The summed E-state index contributed by atoms with van der Waals surface area (Å²) in [7, 11) is 0. The van der Waals surface area contributed by atoms with Crippen LogP contribution in [-0.2, 0) is 0 Å². The number of carboxylic acid groups (broad SMARTS) is 1. The summed E-state index contributed by atoms with van der Waals surface area (Å²) in [5.74, 6) is -0.321. The van der Waals surface area contributed by atoms with Crippen molar-refractivity contribution in [3.63, 3.8) is 0 Å². The van der Waals surface area contributed by atoms with Crippen molar-refractivity contribution in [3.8, 4) is 5.75 Å². The summed E-state index contributed by atoms with van der Waals surface area (Å²) >= 11 is 3.22. The second kappa shape index (κ2) is 10.7. The Morgan fingerprint density at radius 1 is 1.10 bits per heavy atom. The molecule has 1 aromatic carbocycles. The molecule has 21 heavy (non-hydrogen) atoms. The summed E-state index contributed by atoms with van der Waals surface area (Å²) < 4.78 is 6.19. The zero-order chi connectivity index (χ0) is 15.5. The number of hydrogen-bond donors (Lipinski definition) is 1. The Hall–Kier alpha value is -1.03. The maximum atomic E-state index is 11.0. The molecule has 0 radical (unpaired) electrons. The first kappa shape index (κ1) is 18.0. The lowest BCUT2D eigenvalue weighted by molar-refractivity contribution is 0.0695. The third kappa shape index (κ3) is 7.51. The minimum Gasteiger partial charge on any atom is -0.494 e. The molecule has 0 heterocycles. The molecule has 0 saturated heterocycles. The van der Waals surface area contributed by atoms with Gasteiger partial charge in [0, 0.05) is 4.47 Å². The number of rotatable bonds is 11. The van der Waals surface area contributed by atoms with E-state index in [0.717, 1.165) is 6.42 Å². The van der Waals surface area contributed by atoms with Crippen molar-refractivity contribution in [2.75, 3.05) is 6.61 Å². The molecule has 0 aliphatic carbocycles. The zero-order valence-corrected chi connectivity index (χ0v) is 14.3. The predicted octanol–water partition coefficient (Wildman–Crippen LogP) is 5.67. The van der Waals surface area contributed by atoms with Gasteiger partial charge in [0.25, 0.3) is 0 Å². The minimum atomic E-state index is -0.945. The predicted molar refractivity (Wildman–Crippen MR) is 89.2 cm³/mol.